The number of aryl methyl sites for hydroxylation is 1. The van der Waals surface area contributed by atoms with Crippen LogP contribution in [0.25, 0.3) is 6.08 Å². The highest BCUT2D eigenvalue weighted by Crippen LogP contribution is 2.26. The summed E-state index contributed by atoms with van der Waals surface area (Å²) in [5, 5.41) is 0. The molecule has 0 radical (unpaired) electrons. The largest absolute Gasteiger partial charge is 0.0991 e. The molecule has 1 heteroatoms. The molecule has 0 heterocycles. The summed E-state index contributed by atoms with van der Waals surface area (Å²) in [5.74, 6) is 0. The fourth-order valence-electron chi connectivity index (χ4n) is 1.27. The van der Waals surface area contributed by atoms with Gasteiger partial charge < -0.3 is 0 Å². The Morgan fingerprint density at radius 1 is 1.40 bits per heavy atom. The van der Waals surface area contributed by atoms with Crippen LogP contribution in [0, 0.1) is 6.92 Å². The van der Waals surface area contributed by atoms with Crippen LogP contribution in [-0.4, -0.2) is 0 Å². The molecule has 0 aliphatic rings. The molecule has 0 aromatic heterocycles. The Kier molecular flexibility index (Phi) is 4.44. The van der Waals surface area contributed by atoms with Crippen LogP contribution in [-0.2, 0) is 0 Å². The first-order valence-electron chi connectivity index (χ1n) is 4.86. The van der Waals surface area contributed by atoms with Crippen LogP contribution in [0.15, 0.2) is 53.3 Å². The Hall–Kier alpha value is -1.21. The first-order chi connectivity index (χ1) is 7.13. The zero-order valence-electron chi connectivity index (χ0n) is 9.29. The molecule has 0 nitrogen and oxygen atoms in total. The van der Waals surface area contributed by atoms with Crippen molar-refractivity contribution < 1.29 is 0 Å². The van der Waals surface area contributed by atoms with Crippen LogP contribution in [0.2, 0.25) is 0 Å². The fraction of sp³-hybridized carbons (Fsp3) is 0.143. The zero-order valence-corrected chi connectivity index (χ0v) is 10.1. The van der Waals surface area contributed by atoms with Gasteiger partial charge in [-0.15, -0.1) is 0 Å². The van der Waals surface area contributed by atoms with E-state index in [1.807, 2.05) is 13.0 Å². The number of thioether (sulfide) groups is 1. The van der Waals surface area contributed by atoms with Gasteiger partial charge in [0.25, 0.3) is 0 Å². The second-order valence-electron chi connectivity index (χ2n) is 3.42. The highest BCUT2D eigenvalue weighted by atomic mass is 32.2. The molecule has 0 amide bonds. The maximum atomic E-state index is 3.89. The van der Waals surface area contributed by atoms with Crippen LogP contribution >= 0.6 is 11.8 Å². The summed E-state index contributed by atoms with van der Waals surface area (Å²) in [7, 11) is 0. The lowest BCUT2D eigenvalue weighted by atomic mass is 10.1. The SMILES string of the molecule is C=C/C=C\c1ccc(SC(=C)C)cc1C. The monoisotopic (exact) mass is 216 g/mol. The first-order valence-corrected chi connectivity index (χ1v) is 5.68. The normalized spacial score (nSPS) is 10.5. The molecule has 0 aliphatic heterocycles. The van der Waals surface area contributed by atoms with E-state index in [2.05, 4.69) is 44.4 Å². The molecule has 0 unspecified atom stereocenters. The summed E-state index contributed by atoms with van der Waals surface area (Å²) in [6.45, 7) is 11.7. The number of rotatable bonds is 4. The molecule has 1 rings (SSSR count). The zero-order chi connectivity index (χ0) is 11.3. The minimum absolute atomic E-state index is 1.11. The van der Waals surface area contributed by atoms with Crippen molar-refractivity contribution in [3.8, 4) is 0 Å². The van der Waals surface area contributed by atoms with Crippen molar-refractivity contribution in [2.45, 2.75) is 18.7 Å². The van der Waals surface area contributed by atoms with Crippen LogP contribution < -0.4 is 0 Å². The van der Waals surface area contributed by atoms with Crippen molar-refractivity contribution in [2.75, 3.05) is 0 Å². The molecule has 15 heavy (non-hydrogen) atoms. The van der Waals surface area contributed by atoms with Gasteiger partial charge in [0.2, 0.25) is 0 Å². The van der Waals surface area contributed by atoms with Gasteiger partial charge in [0.05, 0.1) is 0 Å². The molecule has 0 saturated heterocycles. The quantitative estimate of drug-likeness (QED) is 0.513. The van der Waals surface area contributed by atoms with Gasteiger partial charge in [0.1, 0.15) is 0 Å². The fourth-order valence-corrected chi connectivity index (χ4v) is 2.05. The van der Waals surface area contributed by atoms with E-state index in [0.29, 0.717) is 0 Å². The molecule has 0 bridgehead atoms. The van der Waals surface area contributed by atoms with Gasteiger partial charge in [-0.3, -0.25) is 0 Å². The smallest absolute Gasteiger partial charge is 0.0121 e. The molecule has 0 spiro atoms. The maximum Gasteiger partial charge on any atom is 0.0121 e. The van der Waals surface area contributed by atoms with Gasteiger partial charge in [-0.2, -0.15) is 0 Å². The van der Waals surface area contributed by atoms with Gasteiger partial charge >= 0.3 is 0 Å². The summed E-state index contributed by atoms with van der Waals surface area (Å²) in [4.78, 5) is 2.36. The summed E-state index contributed by atoms with van der Waals surface area (Å²) in [5.41, 5.74) is 2.51. The Balaban J connectivity index is 2.92. The van der Waals surface area contributed by atoms with Crippen molar-refractivity contribution in [3.63, 3.8) is 0 Å². The minimum Gasteiger partial charge on any atom is -0.0991 e. The van der Waals surface area contributed by atoms with E-state index in [-0.39, 0.29) is 0 Å². The van der Waals surface area contributed by atoms with E-state index in [1.54, 1.807) is 17.8 Å². The summed E-state index contributed by atoms with van der Waals surface area (Å²) in [6, 6.07) is 6.43. The van der Waals surface area contributed by atoms with E-state index in [1.165, 1.54) is 16.0 Å². The van der Waals surface area contributed by atoms with E-state index in [9.17, 15) is 0 Å². The van der Waals surface area contributed by atoms with Gasteiger partial charge in [-0.25, -0.2) is 0 Å². The van der Waals surface area contributed by atoms with E-state index in [4.69, 9.17) is 0 Å². The minimum atomic E-state index is 1.11. The Labute approximate surface area is 96.4 Å². The summed E-state index contributed by atoms with van der Waals surface area (Å²) >= 11 is 1.71. The second kappa shape index (κ2) is 5.62. The van der Waals surface area contributed by atoms with Crippen LogP contribution in [0.3, 0.4) is 0 Å². The third-order valence-electron chi connectivity index (χ3n) is 1.95. The summed E-state index contributed by atoms with van der Waals surface area (Å²) < 4.78 is 0. The van der Waals surface area contributed by atoms with Crippen molar-refractivity contribution in [1.82, 2.24) is 0 Å². The average Bonchev–Trinajstić information content (AvgIpc) is 2.15. The third-order valence-corrected chi connectivity index (χ3v) is 2.78. The third kappa shape index (κ3) is 3.80. The Bertz CT molecular complexity index is 400. The molecule has 78 valence electrons. The standard InChI is InChI=1S/C14H16S/c1-5-6-7-13-8-9-14(10-12(13)4)15-11(2)3/h5-10H,1-2H2,3-4H3/b7-6-. The number of benzene rings is 1. The van der Waals surface area contributed by atoms with E-state index < -0.39 is 0 Å². The lowest BCUT2D eigenvalue weighted by molar-refractivity contribution is 1.34. The molecule has 0 N–H and O–H groups in total. The predicted octanol–water partition coefficient (Wildman–Crippen LogP) is 4.82. The number of allylic oxidation sites excluding steroid dienone is 3. The van der Waals surface area contributed by atoms with Gasteiger partial charge in [-0.05, 0) is 42.0 Å². The Morgan fingerprint density at radius 2 is 2.13 bits per heavy atom. The van der Waals surface area contributed by atoms with Gasteiger partial charge in [-0.1, -0.05) is 49.2 Å². The molecular weight excluding hydrogens is 200 g/mol. The first kappa shape index (κ1) is 11.9. The second-order valence-corrected chi connectivity index (χ2v) is 4.79. The predicted molar refractivity (Wildman–Crippen MR) is 71.1 cm³/mol. The number of hydrogen-bond donors (Lipinski definition) is 0. The average molecular weight is 216 g/mol. The Morgan fingerprint density at radius 3 is 2.67 bits per heavy atom. The molecular formula is C14H16S. The molecule has 0 fully saturated rings. The van der Waals surface area contributed by atoms with E-state index in [0.717, 1.165) is 4.91 Å². The molecule has 1 aromatic carbocycles. The van der Waals surface area contributed by atoms with Gasteiger partial charge in [0.15, 0.2) is 0 Å². The lowest BCUT2D eigenvalue weighted by Gasteiger charge is -2.04. The molecule has 0 atom stereocenters. The van der Waals surface area contributed by atoms with Crippen LogP contribution in [0.5, 0.6) is 0 Å². The van der Waals surface area contributed by atoms with Crippen molar-refractivity contribution in [3.05, 3.63) is 59.5 Å². The van der Waals surface area contributed by atoms with Crippen molar-refractivity contribution in [2.24, 2.45) is 0 Å². The molecule has 0 aliphatic carbocycles. The molecule has 1 aromatic rings. The van der Waals surface area contributed by atoms with Gasteiger partial charge in [0, 0.05) is 4.90 Å². The van der Waals surface area contributed by atoms with Crippen LogP contribution in [0.1, 0.15) is 18.1 Å². The lowest BCUT2D eigenvalue weighted by Crippen LogP contribution is -1.81. The molecule has 0 saturated carbocycles. The topological polar surface area (TPSA) is 0 Å². The van der Waals surface area contributed by atoms with E-state index >= 15 is 0 Å². The summed E-state index contributed by atoms with van der Waals surface area (Å²) in [6.07, 6.45) is 5.81. The van der Waals surface area contributed by atoms with Crippen molar-refractivity contribution in [1.29, 1.82) is 0 Å². The number of hydrogen-bond acceptors (Lipinski definition) is 1. The van der Waals surface area contributed by atoms with Crippen LogP contribution in [0.4, 0.5) is 0 Å². The highest BCUT2D eigenvalue weighted by molar-refractivity contribution is 8.03. The van der Waals surface area contributed by atoms with Crippen molar-refractivity contribution >= 4 is 17.8 Å². The highest BCUT2D eigenvalue weighted by Gasteiger charge is 1.98. The maximum absolute atomic E-state index is 3.89.